The minimum Gasteiger partial charge on any atom is -0.382 e. The van der Waals surface area contributed by atoms with Crippen LogP contribution in [0.15, 0.2) is 29.3 Å². The first kappa shape index (κ1) is 24.9. The number of nitrogen functional groups attached to an aromatic ring is 1. The Bertz CT molecular complexity index is 902. The van der Waals surface area contributed by atoms with Crippen LogP contribution in [-0.4, -0.2) is 48.1 Å². The molecule has 10 heteroatoms. The summed E-state index contributed by atoms with van der Waals surface area (Å²) in [4.78, 5) is 4.59. The van der Waals surface area contributed by atoms with Gasteiger partial charge in [0.15, 0.2) is 5.96 Å². The fraction of sp³-hybridized carbons (Fsp3) is 0.476. The van der Waals surface area contributed by atoms with Gasteiger partial charge in [0.1, 0.15) is 23.3 Å². The van der Waals surface area contributed by atoms with E-state index in [1.807, 2.05) is 6.92 Å². The van der Waals surface area contributed by atoms with Crippen LogP contribution >= 0.6 is 24.0 Å². The molecule has 0 radical (unpaired) electrons. The highest BCUT2D eigenvalue weighted by Crippen LogP contribution is 2.21. The molecule has 2 heterocycles. The molecule has 1 saturated heterocycles. The smallest absolute Gasteiger partial charge is 0.191 e. The van der Waals surface area contributed by atoms with Crippen molar-refractivity contribution in [2.24, 2.45) is 4.99 Å². The van der Waals surface area contributed by atoms with Crippen molar-refractivity contribution in [1.82, 2.24) is 20.4 Å². The van der Waals surface area contributed by atoms with E-state index in [1.165, 1.54) is 16.8 Å². The third-order valence-electron chi connectivity index (χ3n) is 4.88. The number of nitrogens with two attached hydrogens (primary N) is 1. The third-order valence-corrected chi connectivity index (χ3v) is 4.88. The van der Waals surface area contributed by atoms with Crippen LogP contribution in [0.2, 0.25) is 0 Å². The van der Waals surface area contributed by atoms with Gasteiger partial charge >= 0.3 is 0 Å². The van der Waals surface area contributed by atoms with E-state index in [1.54, 1.807) is 12.1 Å². The Hall–Kier alpha value is -2.39. The van der Waals surface area contributed by atoms with Crippen LogP contribution in [0.1, 0.15) is 37.4 Å². The lowest BCUT2D eigenvalue weighted by Gasteiger charge is -2.12. The van der Waals surface area contributed by atoms with Crippen LogP contribution in [0.3, 0.4) is 0 Å². The van der Waals surface area contributed by atoms with Gasteiger partial charge in [-0.1, -0.05) is 0 Å². The van der Waals surface area contributed by atoms with Gasteiger partial charge in [-0.2, -0.15) is 10.4 Å². The molecule has 0 spiro atoms. The number of hydrogen-bond donors (Lipinski definition) is 3. The van der Waals surface area contributed by atoms with Crippen molar-refractivity contribution < 1.29 is 9.13 Å². The van der Waals surface area contributed by atoms with Crippen molar-refractivity contribution in [3.63, 3.8) is 0 Å². The molecule has 0 bridgehead atoms. The van der Waals surface area contributed by atoms with Gasteiger partial charge in [0, 0.05) is 19.7 Å². The number of rotatable bonds is 8. The van der Waals surface area contributed by atoms with Crippen LogP contribution in [0.5, 0.6) is 0 Å². The van der Waals surface area contributed by atoms with E-state index in [9.17, 15) is 9.65 Å². The minimum atomic E-state index is -0.339. The zero-order valence-corrected chi connectivity index (χ0v) is 19.9. The molecule has 0 aliphatic carbocycles. The van der Waals surface area contributed by atoms with Crippen LogP contribution in [0, 0.1) is 17.1 Å². The maximum Gasteiger partial charge on any atom is 0.191 e. The van der Waals surface area contributed by atoms with Gasteiger partial charge < -0.3 is 21.1 Å². The van der Waals surface area contributed by atoms with Crippen LogP contribution in [0.4, 0.5) is 10.2 Å². The first-order valence-electron chi connectivity index (χ1n) is 10.3. The molecular formula is C21H29FIN7O. The van der Waals surface area contributed by atoms with Gasteiger partial charge in [0.05, 0.1) is 24.0 Å². The Labute approximate surface area is 199 Å². The van der Waals surface area contributed by atoms with Gasteiger partial charge in [-0.3, -0.25) is 4.99 Å². The van der Waals surface area contributed by atoms with Crippen molar-refractivity contribution in [3.8, 4) is 11.8 Å². The molecule has 1 unspecified atom stereocenters. The Morgan fingerprint density at radius 3 is 2.81 bits per heavy atom. The molecule has 3 rings (SSSR count). The predicted octanol–water partition coefficient (Wildman–Crippen LogP) is 2.75. The average molecular weight is 541 g/mol. The number of halogens is 2. The zero-order valence-electron chi connectivity index (χ0n) is 17.6. The van der Waals surface area contributed by atoms with E-state index in [-0.39, 0.29) is 41.7 Å². The van der Waals surface area contributed by atoms with Crippen LogP contribution in [-0.2, 0) is 11.2 Å². The molecule has 31 heavy (non-hydrogen) atoms. The molecule has 168 valence electrons. The van der Waals surface area contributed by atoms with Gasteiger partial charge in [-0.05, 0) is 56.9 Å². The Morgan fingerprint density at radius 1 is 1.39 bits per heavy atom. The lowest BCUT2D eigenvalue weighted by molar-refractivity contribution is 0.117. The van der Waals surface area contributed by atoms with Crippen molar-refractivity contribution in [3.05, 3.63) is 41.3 Å². The highest BCUT2D eigenvalue weighted by molar-refractivity contribution is 14.0. The number of guanidine groups is 1. The van der Waals surface area contributed by atoms with E-state index in [2.05, 4.69) is 26.8 Å². The maximum atomic E-state index is 13.2. The van der Waals surface area contributed by atoms with Crippen molar-refractivity contribution >= 4 is 35.8 Å². The van der Waals surface area contributed by atoms with Gasteiger partial charge in [0.2, 0.25) is 0 Å². The lowest BCUT2D eigenvalue weighted by atomic mass is 10.1. The summed E-state index contributed by atoms with van der Waals surface area (Å²) in [6, 6.07) is 7.97. The zero-order chi connectivity index (χ0) is 21.3. The molecule has 4 N–H and O–H groups in total. The predicted molar refractivity (Wildman–Crippen MR) is 129 cm³/mol. The van der Waals surface area contributed by atoms with Crippen molar-refractivity contribution in [1.29, 1.82) is 5.26 Å². The van der Waals surface area contributed by atoms with E-state index in [0.717, 1.165) is 38.4 Å². The molecule has 1 fully saturated rings. The highest BCUT2D eigenvalue weighted by Gasteiger charge is 2.17. The third kappa shape index (κ3) is 6.80. The number of aromatic nitrogens is 2. The number of anilines is 1. The number of nitrogens with zero attached hydrogens (tertiary/aromatic N) is 4. The van der Waals surface area contributed by atoms with Gasteiger partial charge in [-0.25, -0.2) is 9.07 Å². The second kappa shape index (κ2) is 12.5. The lowest BCUT2D eigenvalue weighted by Crippen LogP contribution is -2.38. The first-order valence-corrected chi connectivity index (χ1v) is 10.3. The van der Waals surface area contributed by atoms with Gasteiger partial charge in [0.25, 0.3) is 0 Å². The Morgan fingerprint density at radius 2 is 2.16 bits per heavy atom. The molecule has 1 aliphatic heterocycles. The molecule has 1 atom stereocenters. The second-order valence-corrected chi connectivity index (χ2v) is 7.09. The number of aliphatic imine (C=N–C) groups is 1. The summed E-state index contributed by atoms with van der Waals surface area (Å²) >= 11 is 0. The first-order chi connectivity index (χ1) is 14.6. The standard InChI is InChI=1S/C21H28FN7O.HI/c1-2-25-21(27-14-17-5-4-12-30-17)26-11-3-6-19-18(13-23)20(24)29(28-19)16-9-7-15(22)8-10-16;/h7-10,17H,2-6,11-12,14,24H2,1H3,(H2,25,26,27);1H. The fourth-order valence-corrected chi connectivity index (χ4v) is 3.34. The molecule has 8 nitrogen and oxygen atoms in total. The molecular weight excluding hydrogens is 512 g/mol. The summed E-state index contributed by atoms with van der Waals surface area (Å²) in [6.07, 6.45) is 3.69. The highest BCUT2D eigenvalue weighted by atomic mass is 127. The summed E-state index contributed by atoms with van der Waals surface area (Å²) in [5.74, 6) is 0.678. The van der Waals surface area contributed by atoms with Crippen LogP contribution in [0.25, 0.3) is 5.69 Å². The number of aryl methyl sites for hydroxylation is 1. The number of benzene rings is 1. The van der Waals surface area contributed by atoms with Crippen molar-refractivity contribution in [2.75, 3.05) is 32.0 Å². The molecule has 1 aromatic carbocycles. The second-order valence-electron chi connectivity index (χ2n) is 7.09. The maximum absolute atomic E-state index is 13.2. The summed E-state index contributed by atoms with van der Waals surface area (Å²) < 4.78 is 20.3. The van der Waals surface area contributed by atoms with E-state index in [0.29, 0.717) is 36.5 Å². The summed E-state index contributed by atoms with van der Waals surface area (Å²) in [5.41, 5.74) is 7.71. The topological polar surface area (TPSA) is 113 Å². The average Bonchev–Trinajstić information content (AvgIpc) is 3.37. The number of hydrogen-bond acceptors (Lipinski definition) is 5. The quantitative estimate of drug-likeness (QED) is 0.205. The minimum absolute atomic E-state index is 0. The van der Waals surface area contributed by atoms with Crippen molar-refractivity contribution in [2.45, 2.75) is 38.7 Å². The summed E-state index contributed by atoms with van der Waals surface area (Å²) in [7, 11) is 0. The monoisotopic (exact) mass is 541 g/mol. The molecule has 1 aromatic heterocycles. The normalized spacial score (nSPS) is 15.9. The Balaban J connectivity index is 0.00000341. The fourth-order valence-electron chi connectivity index (χ4n) is 3.34. The molecule has 2 aromatic rings. The van der Waals surface area contributed by atoms with E-state index < -0.39 is 0 Å². The molecule has 0 amide bonds. The summed E-state index contributed by atoms with van der Waals surface area (Å²) in [6.45, 7) is 4.93. The van der Waals surface area contributed by atoms with E-state index in [4.69, 9.17) is 10.5 Å². The SMILES string of the molecule is CCNC(=NCC1CCCO1)NCCCc1nn(-c2ccc(F)cc2)c(N)c1C#N.I. The summed E-state index contributed by atoms with van der Waals surface area (Å²) in [5, 5.41) is 20.5. The van der Waals surface area contributed by atoms with E-state index >= 15 is 0 Å². The largest absolute Gasteiger partial charge is 0.382 e. The Kier molecular flexibility index (Phi) is 10.00. The molecule has 1 aliphatic rings. The number of ether oxygens (including phenoxy) is 1. The van der Waals surface area contributed by atoms with Crippen LogP contribution < -0.4 is 16.4 Å². The number of nitrogens with one attached hydrogen (secondary N) is 2. The number of nitriles is 1. The van der Waals surface area contributed by atoms with Gasteiger partial charge in [-0.15, -0.1) is 24.0 Å². The molecule has 0 saturated carbocycles.